The summed E-state index contributed by atoms with van der Waals surface area (Å²) in [5, 5.41) is 35.5. The Labute approximate surface area is 119 Å². The summed E-state index contributed by atoms with van der Waals surface area (Å²) in [6, 6.07) is 0. The van der Waals surface area contributed by atoms with Gasteiger partial charge < -0.3 is 31.4 Å². The molecule has 18 heavy (non-hydrogen) atoms. The number of rotatable bonds is 5. The summed E-state index contributed by atoms with van der Waals surface area (Å²) in [4.78, 5) is 30.3. The minimum Gasteiger partial charge on any atom is -0.369 e. The normalized spacial score (nSPS) is 13.0. The minimum absolute atomic E-state index is 0. The Balaban J connectivity index is -0.000000392. The average Bonchev–Trinajstić information content (AvgIpc) is 1.98. The molecule has 0 aromatic heterocycles. The number of carbonyl (C=O) groups excluding carboxylic acids is 1. The van der Waals surface area contributed by atoms with E-state index in [0.717, 1.165) is 0 Å². The van der Waals surface area contributed by atoms with E-state index >= 15 is 0 Å². The molecule has 0 heterocycles. The number of halogens is 3. The first-order chi connectivity index (χ1) is 7.51. The molecule has 0 saturated carbocycles. The Morgan fingerprint density at radius 2 is 1.44 bits per heavy atom. The van der Waals surface area contributed by atoms with Crippen LogP contribution in [0, 0.1) is 0 Å². The Kier molecular flexibility index (Phi) is 13.5. The molecule has 12 heteroatoms. The van der Waals surface area contributed by atoms with Crippen LogP contribution in [0.25, 0.3) is 0 Å². The molecule has 0 radical (unpaired) electrons. The van der Waals surface area contributed by atoms with Gasteiger partial charge in [-0.15, -0.1) is 0 Å². The molecule has 0 aromatic rings. The van der Waals surface area contributed by atoms with Crippen molar-refractivity contribution in [3.8, 4) is 0 Å². The van der Waals surface area contributed by atoms with Crippen molar-refractivity contribution >= 4 is 48.2 Å². The first-order valence-electron chi connectivity index (χ1n) is 3.55. The van der Waals surface area contributed by atoms with Crippen LogP contribution in [0.15, 0.2) is 0 Å². The molecule has 7 N–H and O–H groups in total. The quantitative estimate of drug-likeness (QED) is 0.487. The average molecular weight is 371 g/mol. The number of aliphatic hydroxyl groups is 1. The van der Waals surface area contributed by atoms with E-state index < -0.39 is 47.5 Å². The van der Waals surface area contributed by atoms with Crippen LogP contribution >= 0.6 is 30.3 Å². The summed E-state index contributed by atoms with van der Waals surface area (Å²) >= 11 is -1.33. The topological polar surface area (TPSA) is 171 Å². The van der Waals surface area contributed by atoms with E-state index in [2.05, 4.69) is 0 Å². The van der Waals surface area contributed by atoms with Crippen LogP contribution in [0.1, 0.15) is 12.8 Å². The number of hydrogen-bond donors (Lipinski definition) is 4. The van der Waals surface area contributed by atoms with Gasteiger partial charge in [-0.1, -0.05) is 0 Å². The van der Waals surface area contributed by atoms with Crippen LogP contribution in [0.2, 0.25) is 0 Å². The summed E-state index contributed by atoms with van der Waals surface area (Å²) in [6.07, 6.45) is -2.44. The predicted molar refractivity (Wildman–Crippen MR) is 58.0 cm³/mol. The van der Waals surface area contributed by atoms with Crippen LogP contribution < -0.4 is 11.3 Å². The van der Waals surface area contributed by atoms with E-state index in [4.69, 9.17) is 45.6 Å². The van der Waals surface area contributed by atoms with Gasteiger partial charge in [0.1, 0.15) is 0 Å². The molecular weight excluding hydrogens is 360 g/mol. The predicted octanol–water partition coefficient (Wildman–Crippen LogP) is -0.141. The van der Waals surface area contributed by atoms with Crippen molar-refractivity contribution in [3.63, 3.8) is 0 Å². The van der Waals surface area contributed by atoms with Crippen molar-refractivity contribution < 1.29 is 46.0 Å². The molecule has 0 rings (SSSR count). The molecule has 0 aliphatic rings. The van der Waals surface area contributed by atoms with Crippen molar-refractivity contribution in [2.75, 3.05) is 0 Å². The summed E-state index contributed by atoms with van der Waals surface area (Å²) in [5.74, 6) is -5.34. The van der Waals surface area contributed by atoms with Crippen molar-refractivity contribution in [2.45, 2.75) is 18.4 Å². The second-order valence-corrected chi connectivity index (χ2v) is 8.08. The van der Waals surface area contributed by atoms with Gasteiger partial charge in [-0.2, -0.15) is 0 Å². The molecule has 0 saturated heterocycles. The molecular formula is C6H11Cl3FeNO7. The molecule has 1 unspecified atom stereocenters. The third-order valence-electron chi connectivity index (χ3n) is 1.28. The van der Waals surface area contributed by atoms with E-state index in [-0.39, 0.29) is 6.15 Å². The molecule has 111 valence electrons. The number of carboxylic acids is 3. The van der Waals surface area contributed by atoms with Crippen LogP contribution in [-0.4, -0.2) is 38.8 Å². The van der Waals surface area contributed by atoms with E-state index in [1.165, 1.54) is 0 Å². The van der Waals surface area contributed by atoms with Crippen LogP contribution in [-0.2, 0) is 25.5 Å². The summed E-state index contributed by atoms with van der Waals surface area (Å²) in [7, 11) is 14.7. The maximum absolute atomic E-state index is 10.3. The van der Waals surface area contributed by atoms with Crippen LogP contribution in [0.4, 0.5) is 0 Å². The number of carbonyl (C=O) groups is 3. The third kappa shape index (κ3) is 13.8. The zero-order chi connectivity index (χ0) is 14.2. The maximum Gasteiger partial charge on any atom is -0.369 e. The van der Waals surface area contributed by atoms with Gasteiger partial charge in [0.2, 0.25) is 0 Å². The smallest absolute Gasteiger partial charge is 0.369 e. The SMILES string of the molecule is O=C([O-])CC(O)(CC(=O)O)C(=O)O.[Cl][Fe]([Cl])[Cl].[NH4+]. The number of carboxylic acid groups (broad SMARTS) is 3. The Hall–Kier alpha value is -0.281. The maximum atomic E-state index is 10.3. The first-order valence-corrected chi connectivity index (χ1v) is 8.11. The molecule has 0 fully saturated rings. The number of quaternary nitrogens is 1. The fourth-order valence-electron chi connectivity index (χ4n) is 0.703. The monoisotopic (exact) mass is 370 g/mol. The summed E-state index contributed by atoms with van der Waals surface area (Å²) in [6.45, 7) is 0. The Morgan fingerprint density at radius 1 is 1.11 bits per heavy atom. The Bertz CT molecular complexity index is 282. The van der Waals surface area contributed by atoms with Gasteiger partial charge >= 0.3 is 53.4 Å². The van der Waals surface area contributed by atoms with Crippen LogP contribution in [0.5, 0.6) is 0 Å². The van der Waals surface area contributed by atoms with E-state index in [1.807, 2.05) is 0 Å². The standard InChI is InChI=1S/C6H8O7.3ClH.Fe.H3N/c7-3(8)1-6(13,5(11)12)2-4(9)10;;;;;/h13H,1-2H2,(H,7,8)(H,9,10)(H,11,12);3*1H;;1H3/q;;;;+3;/p-3. The van der Waals surface area contributed by atoms with E-state index in [0.29, 0.717) is 0 Å². The largest absolute Gasteiger partial charge is 0.369 e. The number of hydrogen-bond acceptors (Lipinski definition) is 5. The molecule has 0 aromatic carbocycles. The van der Waals surface area contributed by atoms with Crippen molar-refractivity contribution in [3.05, 3.63) is 0 Å². The van der Waals surface area contributed by atoms with Gasteiger partial charge in [0, 0.05) is 12.4 Å². The van der Waals surface area contributed by atoms with E-state index in [9.17, 15) is 19.5 Å². The van der Waals surface area contributed by atoms with Gasteiger partial charge in [-0.25, -0.2) is 4.79 Å². The molecule has 8 nitrogen and oxygen atoms in total. The molecule has 0 aliphatic heterocycles. The molecule has 0 aliphatic carbocycles. The zero-order valence-electron chi connectivity index (χ0n) is 8.88. The van der Waals surface area contributed by atoms with Gasteiger partial charge in [-0.05, 0) is 0 Å². The van der Waals surface area contributed by atoms with Gasteiger partial charge in [0.15, 0.2) is 5.60 Å². The fourth-order valence-corrected chi connectivity index (χ4v) is 0.703. The van der Waals surface area contributed by atoms with Gasteiger partial charge in [0.25, 0.3) is 0 Å². The third-order valence-corrected chi connectivity index (χ3v) is 1.28. The molecule has 1 atom stereocenters. The van der Waals surface area contributed by atoms with Gasteiger partial charge in [-0.3, -0.25) is 4.79 Å². The van der Waals surface area contributed by atoms with Gasteiger partial charge in [0.05, 0.1) is 6.42 Å². The second kappa shape index (κ2) is 10.6. The Morgan fingerprint density at radius 3 is 1.61 bits per heavy atom. The van der Waals surface area contributed by atoms with E-state index in [1.54, 1.807) is 0 Å². The van der Waals surface area contributed by atoms with Crippen molar-refractivity contribution in [1.29, 1.82) is 0 Å². The zero-order valence-corrected chi connectivity index (χ0v) is 12.2. The minimum atomic E-state index is -2.80. The van der Waals surface area contributed by atoms with Crippen molar-refractivity contribution in [1.82, 2.24) is 6.15 Å². The molecule has 0 spiro atoms. The second-order valence-electron chi connectivity index (χ2n) is 2.61. The first kappa shape index (κ1) is 22.9. The summed E-state index contributed by atoms with van der Waals surface area (Å²) in [5.41, 5.74) is -2.80. The van der Waals surface area contributed by atoms with Crippen LogP contribution in [0.3, 0.4) is 0 Å². The summed E-state index contributed by atoms with van der Waals surface area (Å²) < 4.78 is 0. The molecule has 0 amide bonds. The van der Waals surface area contributed by atoms with Crippen molar-refractivity contribution in [2.24, 2.45) is 0 Å². The fraction of sp³-hybridized carbons (Fsp3) is 0.500. The number of aliphatic carboxylic acids is 3. The molecule has 0 bridgehead atoms.